The summed E-state index contributed by atoms with van der Waals surface area (Å²) >= 11 is 5.99. The van der Waals surface area contributed by atoms with E-state index < -0.39 is 0 Å². The van der Waals surface area contributed by atoms with Crippen LogP contribution in [0.15, 0.2) is 53.6 Å². The summed E-state index contributed by atoms with van der Waals surface area (Å²) in [6.07, 6.45) is 3.60. The van der Waals surface area contributed by atoms with Gasteiger partial charge in [0, 0.05) is 18.4 Å². The van der Waals surface area contributed by atoms with Crippen molar-refractivity contribution in [3.8, 4) is 5.75 Å². The Hall–Kier alpha value is -2.86. The smallest absolute Gasteiger partial charge is 0.240 e. The Labute approximate surface area is 169 Å². The van der Waals surface area contributed by atoms with E-state index in [0.29, 0.717) is 23.1 Å². The Balaban J connectivity index is 1.78. The Morgan fingerprint density at radius 1 is 1.07 bits per heavy atom. The first kappa shape index (κ1) is 21.4. The lowest BCUT2D eigenvalue weighted by molar-refractivity contribution is -0.124. The normalized spacial score (nSPS) is 10.6. The maximum Gasteiger partial charge on any atom is 0.240 e. The highest BCUT2D eigenvalue weighted by molar-refractivity contribution is 6.33. The number of benzene rings is 2. The Bertz CT molecular complexity index is 824. The summed E-state index contributed by atoms with van der Waals surface area (Å²) in [6, 6.07) is 14.4. The van der Waals surface area contributed by atoms with Crippen molar-refractivity contribution in [1.29, 1.82) is 0 Å². The SMILES string of the molecule is CCCCOc1ccccc1C=NNC(=O)CCC(=O)Nc1ccccc1Cl. The molecule has 0 aliphatic carbocycles. The Kier molecular flexibility index (Phi) is 9.01. The second-order valence-electron chi connectivity index (χ2n) is 6.06. The van der Waals surface area contributed by atoms with E-state index in [2.05, 4.69) is 22.8 Å². The van der Waals surface area contributed by atoms with Crippen molar-refractivity contribution in [2.24, 2.45) is 5.10 Å². The van der Waals surface area contributed by atoms with Crippen molar-refractivity contribution in [1.82, 2.24) is 5.43 Å². The van der Waals surface area contributed by atoms with Crippen LogP contribution in [0.5, 0.6) is 5.75 Å². The van der Waals surface area contributed by atoms with Gasteiger partial charge < -0.3 is 10.1 Å². The predicted molar refractivity (Wildman–Crippen MR) is 112 cm³/mol. The van der Waals surface area contributed by atoms with Gasteiger partial charge in [0.05, 0.1) is 23.5 Å². The standard InChI is InChI=1S/C21H24ClN3O3/c1-2-3-14-28-19-11-7-4-8-16(19)15-23-25-21(27)13-12-20(26)24-18-10-6-5-9-17(18)22/h4-11,15H,2-3,12-14H2,1H3,(H,24,26)(H,25,27). The summed E-state index contributed by atoms with van der Waals surface area (Å²) in [5.41, 5.74) is 3.72. The molecule has 0 saturated carbocycles. The van der Waals surface area contributed by atoms with Gasteiger partial charge in [-0.2, -0.15) is 5.10 Å². The van der Waals surface area contributed by atoms with Crippen LogP contribution in [0, 0.1) is 0 Å². The average molecular weight is 402 g/mol. The van der Waals surface area contributed by atoms with Crippen LogP contribution in [0.25, 0.3) is 0 Å². The minimum Gasteiger partial charge on any atom is -0.493 e. The van der Waals surface area contributed by atoms with Crippen molar-refractivity contribution in [3.63, 3.8) is 0 Å². The fourth-order valence-corrected chi connectivity index (χ4v) is 2.46. The topological polar surface area (TPSA) is 79.8 Å². The van der Waals surface area contributed by atoms with Crippen LogP contribution in [-0.4, -0.2) is 24.6 Å². The van der Waals surface area contributed by atoms with Gasteiger partial charge in [0.1, 0.15) is 5.75 Å². The van der Waals surface area contributed by atoms with Gasteiger partial charge in [0.2, 0.25) is 11.8 Å². The third kappa shape index (κ3) is 7.40. The molecule has 0 aliphatic heterocycles. The number of hydrogen-bond acceptors (Lipinski definition) is 4. The molecular formula is C21H24ClN3O3. The molecule has 0 bridgehead atoms. The molecule has 148 valence electrons. The van der Waals surface area contributed by atoms with Gasteiger partial charge >= 0.3 is 0 Å². The number of nitrogens with one attached hydrogen (secondary N) is 2. The maximum atomic E-state index is 11.9. The van der Waals surface area contributed by atoms with Crippen LogP contribution in [-0.2, 0) is 9.59 Å². The first-order chi connectivity index (χ1) is 13.6. The van der Waals surface area contributed by atoms with E-state index in [1.807, 2.05) is 24.3 Å². The second-order valence-corrected chi connectivity index (χ2v) is 6.47. The van der Waals surface area contributed by atoms with Crippen molar-refractivity contribution >= 4 is 35.3 Å². The summed E-state index contributed by atoms with van der Waals surface area (Å²) in [7, 11) is 0. The number of rotatable bonds is 10. The average Bonchev–Trinajstić information content (AvgIpc) is 2.69. The summed E-state index contributed by atoms with van der Waals surface area (Å²) in [5.74, 6) is 0.0740. The zero-order chi connectivity index (χ0) is 20.2. The zero-order valence-corrected chi connectivity index (χ0v) is 16.5. The first-order valence-electron chi connectivity index (χ1n) is 9.18. The van der Waals surface area contributed by atoms with Gasteiger partial charge in [-0.15, -0.1) is 0 Å². The molecular weight excluding hydrogens is 378 g/mol. The minimum absolute atomic E-state index is 0.0161. The van der Waals surface area contributed by atoms with E-state index in [4.69, 9.17) is 16.3 Å². The summed E-state index contributed by atoms with van der Waals surface area (Å²) in [5, 5.41) is 7.07. The number of carbonyl (C=O) groups excluding carboxylic acids is 2. The molecule has 2 rings (SSSR count). The van der Waals surface area contributed by atoms with Crippen molar-refractivity contribution in [2.45, 2.75) is 32.6 Å². The Morgan fingerprint density at radius 2 is 1.79 bits per heavy atom. The van der Waals surface area contributed by atoms with Gasteiger partial charge in [-0.3, -0.25) is 9.59 Å². The van der Waals surface area contributed by atoms with Gasteiger partial charge in [0.15, 0.2) is 0 Å². The van der Waals surface area contributed by atoms with Crippen molar-refractivity contribution < 1.29 is 14.3 Å². The third-order valence-electron chi connectivity index (χ3n) is 3.79. The van der Waals surface area contributed by atoms with Crippen LogP contribution in [0.1, 0.15) is 38.2 Å². The lowest BCUT2D eigenvalue weighted by atomic mass is 10.2. The van der Waals surface area contributed by atoms with Gasteiger partial charge in [-0.05, 0) is 30.7 Å². The number of ether oxygens (including phenoxy) is 1. The van der Waals surface area contributed by atoms with Gasteiger partial charge in [-0.1, -0.05) is 49.2 Å². The van der Waals surface area contributed by atoms with E-state index in [1.54, 1.807) is 24.3 Å². The number of carbonyl (C=O) groups is 2. The molecule has 2 aromatic rings. The number of amides is 2. The lowest BCUT2D eigenvalue weighted by Crippen LogP contribution is -2.20. The van der Waals surface area contributed by atoms with E-state index in [0.717, 1.165) is 18.4 Å². The number of anilines is 1. The van der Waals surface area contributed by atoms with E-state index in [9.17, 15) is 9.59 Å². The number of halogens is 1. The highest BCUT2D eigenvalue weighted by atomic mass is 35.5. The number of unbranched alkanes of at least 4 members (excludes halogenated alkanes) is 1. The molecule has 2 N–H and O–H groups in total. The molecule has 6 nitrogen and oxygen atoms in total. The zero-order valence-electron chi connectivity index (χ0n) is 15.8. The number of para-hydroxylation sites is 2. The van der Waals surface area contributed by atoms with E-state index in [-0.39, 0.29) is 24.7 Å². The van der Waals surface area contributed by atoms with E-state index in [1.165, 1.54) is 6.21 Å². The van der Waals surface area contributed by atoms with Gasteiger partial charge in [0.25, 0.3) is 0 Å². The molecule has 0 radical (unpaired) electrons. The fraction of sp³-hybridized carbons (Fsp3) is 0.286. The molecule has 0 fully saturated rings. The summed E-state index contributed by atoms with van der Waals surface area (Å²) < 4.78 is 5.71. The first-order valence-corrected chi connectivity index (χ1v) is 9.56. The molecule has 2 aromatic carbocycles. The van der Waals surface area contributed by atoms with Crippen LogP contribution < -0.4 is 15.5 Å². The quantitative estimate of drug-likeness (QED) is 0.352. The maximum absolute atomic E-state index is 11.9. The molecule has 0 aromatic heterocycles. The van der Waals surface area contributed by atoms with Crippen molar-refractivity contribution in [2.75, 3.05) is 11.9 Å². The molecule has 0 atom stereocenters. The summed E-state index contributed by atoms with van der Waals surface area (Å²) in [6.45, 7) is 2.73. The van der Waals surface area contributed by atoms with Crippen LogP contribution >= 0.6 is 11.6 Å². The minimum atomic E-state index is -0.352. The molecule has 2 amide bonds. The lowest BCUT2D eigenvalue weighted by Gasteiger charge is -2.08. The molecule has 0 aliphatic rings. The molecule has 0 saturated heterocycles. The number of nitrogens with zero attached hydrogens (tertiary/aromatic N) is 1. The molecule has 0 heterocycles. The van der Waals surface area contributed by atoms with Crippen molar-refractivity contribution in [3.05, 3.63) is 59.1 Å². The number of hydrogen-bond donors (Lipinski definition) is 2. The van der Waals surface area contributed by atoms with Crippen LogP contribution in [0.2, 0.25) is 5.02 Å². The second kappa shape index (κ2) is 11.8. The largest absolute Gasteiger partial charge is 0.493 e. The molecule has 28 heavy (non-hydrogen) atoms. The monoisotopic (exact) mass is 401 g/mol. The fourth-order valence-electron chi connectivity index (χ4n) is 2.28. The van der Waals surface area contributed by atoms with Gasteiger partial charge in [-0.25, -0.2) is 5.43 Å². The van der Waals surface area contributed by atoms with E-state index >= 15 is 0 Å². The predicted octanol–water partition coefficient (Wildman–Crippen LogP) is 4.39. The summed E-state index contributed by atoms with van der Waals surface area (Å²) in [4.78, 5) is 23.8. The number of hydrazone groups is 1. The highest BCUT2D eigenvalue weighted by Gasteiger charge is 2.08. The van der Waals surface area contributed by atoms with Crippen LogP contribution in [0.4, 0.5) is 5.69 Å². The Morgan fingerprint density at radius 3 is 2.57 bits per heavy atom. The highest BCUT2D eigenvalue weighted by Crippen LogP contribution is 2.20. The third-order valence-corrected chi connectivity index (χ3v) is 4.12. The molecule has 0 unspecified atom stereocenters. The molecule has 0 spiro atoms. The molecule has 7 heteroatoms. The van der Waals surface area contributed by atoms with Crippen LogP contribution in [0.3, 0.4) is 0 Å².